The van der Waals surface area contributed by atoms with Crippen molar-refractivity contribution >= 4 is 21.8 Å². The molecule has 1 aliphatic carbocycles. The molecule has 2 aromatic rings. The van der Waals surface area contributed by atoms with Gasteiger partial charge in [0.15, 0.2) is 0 Å². The fourth-order valence-electron chi connectivity index (χ4n) is 2.61. The van der Waals surface area contributed by atoms with Gasteiger partial charge in [-0.3, -0.25) is 0 Å². The van der Waals surface area contributed by atoms with E-state index in [1.165, 1.54) is 12.1 Å². The van der Waals surface area contributed by atoms with E-state index in [4.69, 9.17) is 0 Å². The van der Waals surface area contributed by atoms with Crippen LogP contribution in [0.3, 0.4) is 0 Å². The molecule has 0 aromatic heterocycles. The molecule has 2 aromatic carbocycles. The van der Waals surface area contributed by atoms with E-state index in [1.807, 2.05) is 30.3 Å². The van der Waals surface area contributed by atoms with Crippen LogP contribution in [0.4, 0.5) is 13.2 Å². The molecule has 24 heavy (non-hydrogen) atoms. The molecule has 126 valence electrons. The molecule has 0 spiro atoms. The van der Waals surface area contributed by atoms with Crippen LogP contribution in [0.5, 0.6) is 5.75 Å². The van der Waals surface area contributed by atoms with Gasteiger partial charge in [0.2, 0.25) is 0 Å². The average Bonchev–Trinajstić information content (AvgIpc) is 2.54. The lowest BCUT2D eigenvalue weighted by atomic mass is 9.88. The van der Waals surface area contributed by atoms with E-state index < -0.39 is 15.6 Å². The van der Waals surface area contributed by atoms with E-state index in [1.54, 1.807) is 12.1 Å². The lowest BCUT2D eigenvalue weighted by Crippen LogP contribution is -2.28. The van der Waals surface area contributed by atoms with E-state index in [0.717, 1.165) is 16.7 Å². The monoisotopic (exact) mass is 354 g/mol. The van der Waals surface area contributed by atoms with Crippen LogP contribution in [0.25, 0.3) is 11.6 Å². The van der Waals surface area contributed by atoms with Crippen LogP contribution in [0.1, 0.15) is 23.1 Å². The highest BCUT2D eigenvalue weighted by Gasteiger charge is 2.48. The molecule has 0 atom stereocenters. The second-order valence-electron chi connectivity index (χ2n) is 5.35. The molecule has 3 nitrogen and oxygen atoms in total. The Bertz CT molecular complexity index is 885. The third-order valence-corrected chi connectivity index (χ3v) is 4.73. The quantitative estimate of drug-likeness (QED) is 0.606. The number of benzene rings is 2. The van der Waals surface area contributed by atoms with E-state index in [2.05, 4.69) is 4.18 Å². The summed E-state index contributed by atoms with van der Waals surface area (Å²) in [5, 5.41) is 0. The van der Waals surface area contributed by atoms with Crippen molar-refractivity contribution in [3.05, 3.63) is 65.2 Å². The first kappa shape index (κ1) is 16.6. The molecule has 0 bridgehead atoms. The van der Waals surface area contributed by atoms with Crippen LogP contribution in [-0.2, 0) is 16.5 Å². The molecule has 0 fully saturated rings. The standard InChI is InChI=1S/C17H13F3O3S/c18-17(19,20)24(21,22)23-16-8-4-7-13-9-10-14(11-15(13)16)12-5-2-1-3-6-12/h1-8,11H,9-10H2. The predicted molar refractivity (Wildman–Crippen MR) is 84.7 cm³/mol. The molecule has 0 unspecified atom stereocenters. The van der Waals surface area contributed by atoms with Crippen LogP contribution >= 0.6 is 0 Å². The molecule has 3 rings (SSSR count). The Morgan fingerprint density at radius 2 is 1.62 bits per heavy atom. The number of fused-ring (bicyclic) bond motifs is 1. The van der Waals surface area contributed by atoms with Crippen LogP contribution in [0.15, 0.2) is 48.5 Å². The Kier molecular flexibility index (Phi) is 4.13. The van der Waals surface area contributed by atoms with Crippen LogP contribution < -0.4 is 4.18 Å². The summed E-state index contributed by atoms with van der Waals surface area (Å²) in [5.74, 6) is -0.307. The normalized spacial score (nSPS) is 14.7. The third-order valence-electron chi connectivity index (χ3n) is 3.77. The first-order valence-electron chi connectivity index (χ1n) is 7.16. The zero-order valence-corrected chi connectivity index (χ0v) is 13.2. The van der Waals surface area contributed by atoms with Gasteiger partial charge < -0.3 is 4.18 Å². The fourth-order valence-corrected chi connectivity index (χ4v) is 3.08. The SMILES string of the molecule is O=S(=O)(Oc1cccc2c1C=C(c1ccccc1)CC2)C(F)(F)F. The summed E-state index contributed by atoms with van der Waals surface area (Å²) in [7, 11) is -5.70. The zero-order chi connectivity index (χ0) is 17.4. The van der Waals surface area contributed by atoms with Crippen molar-refractivity contribution in [1.29, 1.82) is 0 Å². The number of hydrogen-bond donors (Lipinski definition) is 0. The molecule has 7 heteroatoms. The van der Waals surface area contributed by atoms with Crippen molar-refractivity contribution in [2.75, 3.05) is 0 Å². The number of rotatable bonds is 3. The summed E-state index contributed by atoms with van der Waals surface area (Å²) in [6.07, 6.45) is 3.00. The summed E-state index contributed by atoms with van der Waals surface area (Å²) >= 11 is 0. The van der Waals surface area contributed by atoms with Gasteiger partial charge in [-0.25, -0.2) is 0 Å². The highest BCUT2D eigenvalue weighted by molar-refractivity contribution is 7.88. The smallest absolute Gasteiger partial charge is 0.375 e. The summed E-state index contributed by atoms with van der Waals surface area (Å²) in [5.41, 5.74) is -2.48. The number of halogens is 3. The summed E-state index contributed by atoms with van der Waals surface area (Å²) < 4.78 is 64.6. The predicted octanol–water partition coefficient (Wildman–Crippen LogP) is 4.40. The van der Waals surface area contributed by atoms with Gasteiger partial charge in [0, 0.05) is 5.56 Å². The minimum absolute atomic E-state index is 0.307. The lowest BCUT2D eigenvalue weighted by molar-refractivity contribution is -0.0500. The van der Waals surface area contributed by atoms with Gasteiger partial charge in [-0.05, 0) is 41.7 Å². The van der Waals surface area contributed by atoms with Crippen molar-refractivity contribution in [1.82, 2.24) is 0 Å². The molecule has 0 heterocycles. The number of alkyl halides is 3. The average molecular weight is 354 g/mol. The topological polar surface area (TPSA) is 43.4 Å². The molecule has 0 saturated heterocycles. The first-order valence-corrected chi connectivity index (χ1v) is 8.57. The Morgan fingerprint density at radius 1 is 0.917 bits per heavy atom. The Balaban J connectivity index is 2.04. The van der Waals surface area contributed by atoms with Gasteiger partial charge in [0.05, 0.1) is 0 Å². The third kappa shape index (κ3) is 3.17. The summed E-state index contributed by atoms with van der Waals surface area (Å²) in [6, 6.07) is 13.9. The Morgan fingerprint density at radius 3 is 2.29 bits per heavy atom. The van der Waals surface area contributed by atoms with Crippen molar-refractivity contribution in [2.24, 2.45) is 0 Å². The Hall–Kier alpha value is -2.28. The van der Waals surface area contributed by atoms with Crippen LogP contribution in [-0.4, -0.2) is 13.9 Å². The molecule has 0 N–H and O–H groups in total. The molecular formula is C17H13F3O3S. The fraction of sp³-hybridized carbons (Fsp3) is 0.176. The van der Waals surface area contributed by atoms with Gasteiger partial charge >= 0.3 is 15.6 Å². The second-order valence-corrected chi connectivity index (χ2v) is 6.89. The van der Waals surface area contributed by atoms with Crippen molar-refractivity contribution in [3.8, 4) is 5.75 Å². The highest BCUT2D eigenvalue weighted by atomic mass is 32.2. The first-order chi connectivity index (χ1) is 11.3. The van der Waals surface area contributed by atoms with Crippen molar-refractivity contribution in [2.45, 2.75) is 18.3 Å². The van der Waals surface area contributed by atoms with E-state index in [9.17, 15) is 21.6 Å². The number of allylic oxidation sites excluding steroid dienone is 1. The zero-order valence-electron chi connectivity index (χ0n) is 12.4. The maximum atomic E-state index is 12.6. The molecule has 1 aliphatic rings. The number of aryl methyl sites for hydroxylation is 1. The van der Waals surface area contributed by atoms with Crippen LogP contribution in [0, 0.1) is 0 Å². The van der Waals surface area contributed by atoms with Gasteiger partial charge in [-0.15, -0.1) is 0 Å². The molecule has 0 saturated carbocycles. The maximum Gasteiger partial charge on any atom is 0.534 e. The van der Waals surface area contributed by atoms with E-state index in [-0.39, 0.29) is 5.75 Å². The number of hydrogen-bond acceptors (Lipinski definition) is 3. The largest absolute Gasteiger partial charge is 0.534 e. The molecule has 0 aliphatic heterocycles. The highest BCUT2D eigenvalue weighted by Crippen LogP contribution is 2.37. The van der Waals surface area contributed by atoms with Gasteiger partial charge in [0.1, 0.15) is 5.75 Å². The van der Waals surface area contributed by atoms with Crippen molar-refractivity contribution < 1.29 is 25.8 Å². The van der Waals surface area contributed by atoms with E-state index >= 15 is 0 Å². The van der Waals surface area contributed by atoms with Crippen LogP contribution in [0.2, 0.25) is 0 Å². The maximum absolute atomic E-state index is 12.6. The molecular weight excluding hydrogens is 341 g/mol. The summed E-state index contributed by atoms with van der Waals surface area (Å²) in [6.45, 7) is 0. The minimum atomic E-state index is -5.70. The Labute approximate surface area is 137 Å². The summed E-state index contributed by atoms with van der Waals surface area (Å²) in [4.78, 5) is 0. The second kappa shape index (κ2) is 5.98. The van der Waals surface area contributed by atoms with Crippen molar-refractivity contribution in [3.63, 3.8) is 0 Å². The van der Waals surface area contributed by atoms with Gasteiger partial charge in [0.25, 0.3) is 0 Å². The van der Waals surface area contributed by atoms with Gasteiger partial charge in [-0.1, -0.05) is 42.5 Å². The lowest BCUT2D eigenvalue weighted by Gasteiger charge is -2.20. The van der Waals surface area contributed by atoms with E-state index in [0.29, 0.717) is 18.4 Å². The van der Waals surface area contributed by atoms with Gasteiger partial charge in [-0.2, -0.15) is 21.6 Å². The molecule has 0 radical (unpaired) electrons. The molecule has 0 amide bonds. The minimum Gasteiger partial charge on any atom is -0.375 e.